The molecule has 0 atom stereocenters. The lowest BCUT2D eigenvalue weighted by atomic mass is 9.82. The van der Waals surface area contributed by atoms with Crippen LogP contribution in [0.3, 0.4) is 0 Å². The van der Waals surface area contributed by atoms with E-state index in [0.717, 1.165) is 47.7 Å². The summed E-state index contributed by atoms with van der Waals surface area (Å²) in [7, 11) is 0. The van der Waals surface area contributed by atoms with Crippen LogP contribution in [0.15, 0.2) is 30.3 Å². The van der Waals surface area contributed by atoms with Crippen molar-refractivity contribution in [3.63, 3.8) is 0 Å². The molecule has 3 rings (SSSR count). The number of hydrogen-bond donors (Lipinski definition) is 2. The van der Waals surface area contributed by atoms with Gasteiger partial charge in [-0.05, 0) is 12.8 Å². The van der Waals surface area contributed by atoms with Crippen molar-refractivity contribution >= 4 is 17.2 Å². The SMILES string of the molecule is O=C(CC1(O)CCCCC1)NCc1nnc(-c2ccccc2)s1. The third-order valence-electron chi connectivity index (χ3n) is 4.20. The fourth-order valence-corrected chi connectivity index (χ4v) is 3.73. The van der Waals surface area contributed by atoms with Crippen molar-refractivity contribution in [3.05, 3.63) is 35.3 Å². The van der Waals surface area contributed by atoms with Gasteiger partial charge in [0.25, 0.3) is 0 Å². The van der Waals surface area contributed by atoms with Gasteiger partial charge >= 0.3 is 0 Å². The summed E-state index contributed by atoms with van der Waals surface area (Å²) in [6.07, 6.45) is 4.77. The second kappa shape index (κ2) is 7.19. The Labute approximate surface area is 139 Å². The minimum Gasteiger partial charge on any atom is -0.389 e. The van der Waals surface area contributed by atoms with Crippen molar-refractivity contribution in [2.75, 3.05) is 0 Å². The summed E-state index contributed by atoms with van der Waals surface area (Å²) in [4.78, 5) is 12.1. The van der Waals surface area contributed by atoms with Crippen molar-refractivity contribution in [2.24, 2.45) is 0 Å². The van der Waals surface area contributed by atoms with Crippen LogP contribution in [0, 0.1) is 0 Å². The molecule has 1 fully saturated rings. The van der Waals surface area contributed by atoms with E-state index in [2.05, 4.69) is 15.5 Å². The predicted molar refractivity (Wildman–Crippen MR) is 89.8 cm³/mol. The second-order valence-electron chi connectivity index (χ2n) is 6.11. The molecule has 0 bridgehead atoms. The topological polar surface area (TPSA) is 75.1 Å². The Morgan fingerprint density at radius 3 is 2.65 bits per heavy atom. The lowest BCUT2D eigenvalue weighted by molar-refractivity contribution is -0.127. The van der Waals surface area contributed by atoms with E-state index in [4.69, 9.17) is 0 Å². The summed E-state index contributed by atoms with van der Waals surface area (Å²) >= 11 is 1.47. The highest BCUT2D eigenvalue weighted by Gasteiger charge is 2.31. The van der Waals surface area contributed by atoms with Crippen LogP contribution in [-0.4, -0.2) is 26.8 Å². The number of aliphatic hydroxyl groups is 1. The molecule has 5 nitrogen and oxygen atoms in total. The monoisotopic (exact) mass is 331 g/mol. The fourth-order valence-electron chi connectivity index (χ4n) is 2.94. The average Bonchev–Trinajstić information content (AvgIpc) is 3.03. The maximum absolute atomic E-state index is 12.1. The molecule has 1 saturated carbocycles. The molecular formula is C17H21N3O2S. The van der Waals surface area contributed by atoms with Gasteiger partial charge in [-0.25, -0.2) is 0 Å². The standard InChI is InChI=1S/C17H21N3O2S/c21-14(11-17(22)9-5-2-6-10-17)18-12-15-19-20-16(23-15)13-7-3-1-4-8-13/h1,3-4,7-8,22H,2,5-6,9-12H2,(H,18,21). The molecule has 23 heavy (non-hydrogen) atoms. The van der Waals surface area contributed by atoms with Crippen molar-refractivity contribution in [2.45, 2.75) is 50.7 Å². The van der Waals surface area contributed by atoms with E-state index < -0.39 is 5.60 Å². The van der Waals surface area contributed by atoms with Crippen molar-refractivity contribution < 1.29 is 9.90 Å². The molecule has 1 aromatic heterocycles. The first-order valence-electron chi connectivity index (χ1n) is 8.02. The third-order valence-corrected chi connectivity index (χ3v) is 5.17. The minimum absolute atomic E-state index is 0.120. The van der Waals surface area contributed by atoms with Gasteiger partial charge in [0.2, 0.25) is 5.91 Å². The lowest BCUT2D eigenvalue weighted by Crippen LogP contribution is -2.38. The smallest absolute Gasteiger partial charge is 0.223 e. The van der Waals surface area contributed by atoms with Crippen LogP contribution >= 0.6 is 11.3 Å². The van der Waals surface area contributed by atoms with Gasteiger partial charge in [0.05, 0.1) is 18.6 Å². The van der Waals surface area contributed by atoms with Crippen LogP contribution < -0.4 is 5.32 Å². The van der Waals surface area contributed by atoms with Gasteiger partial charge in [0.1, 0.15) is 10.0 Å². The summed E-state index contributed by atoms with van der Waals surface area (Å²) in [6, 6.07) is 9.86. The fraction of sp³-hybridized carbons (Fsp3) is 0.471. The summed E-state index contributed by atoms with van der Waals surface area (Å²) in [5, 5.41) is 23.2. The third kappa shape index (κ3) is 4.36. The quantitative estimate of drug-likeness (QED) is 0.883. The van der Waals surface area contributed by atoms with Gasteiger partial charge in [-0.2, -0.15) is 0 Å². The summed E-state index contributed by atoms with van der Waals surface area (Å²) < 4.78 is 0. The highest BCUT2D eigenvalue weighted by molar-refractivity contribution is 7.14. The predicted octanol–water partition coefficient (Wildman–Crippen LogP) is 2.91. The molecule has 0 saturated heterocycles. The van der Waals surface area contributed by atoms with E-state index in [0.29, 0.717) is 6.54 Å². The van der Waals surface area contributed by atoms with Gasteiger partial charge < -0.3 is 10.4 Å². The zero-order chi connectivity index (χ0) is 16.1. The minimum atomic E-state index is -0.821. The van der Waals surface area contributed by atoms with Crippen LogP contribution in [0.25, 0.3) is 10.6 Å². The van der Waals surface area contributed by atoms with Gasteiger partial charge in [-0.15, -0.1) is 10.2 Å². The highest BCUT2D eigenvalue weighted by atomic mass is 32.1. The Kier molecular flexibility index (Phi) is 5.03. The van der Waals surface area contributed by atoms with Crippen LogP contribution in [0.2, 0.25) is 0 Å². The first kappa shape index (κ1) is 16.1. The van der Waals surface area contributed by atoms with Crippen LogP contribution in [0.1, 0.15) is 43.5 Å². The molecule has 1 amide bonds. The number of carbonyl (C=O) groups excluding carboxylic acids is 1. The molecule has 122 valence electrons. The van der Waals surface area contributed by atoms with Crippen LogP contribution in [-0.2, 0) is 11.3 Å². The Bertz CT molecular complexity index is 651. The number of aromatic nitrogens is 2. The molecule has 2 N–H and O–H groups in total. The molecule has 1 aliphatic rings. The van der Waals surface area contributed by atoms with Gasteiger partial charge in [-0.1, -0.05) is 60.9 Å². The van der Waals surface area contributed by atoms with E-state index in [1.807, 2.05) is 30.3 Å². The lowest BCUT2D eigenvalue weighted by Gasteiger charge is -2.31. The molecule has 0 spiro atoms. The van der Waals surface area contributed by atoms with Gasteiger partial charge in [0.15, 0.2) is 0 Å². The summed E-state index contributed by atoms with van der Waals surface area (Å²) in [5.74, 6) is -0.120. The molecule has 6 heteroatoms. The Morgan fingerprint density at radius 1 is 1.17 bits per heavy atom. The summed E-state index contributed by atoms with van der Waals surface area (Å²) in [5.41, 5.74) is 0.206. The van der Waals surface area contributed by atoms with Gasteiger partial charge in [0, 0.05) is 5.56 Å². The number of hydrogen-bond acceptors (Lipinski definition) is 5. The molecule has 0 radical (unpaired) electrons. The number of nitrogens with zero attached hydrogens (tertiary/aromatic N) is 2. The largest absolute Gasteiger partial charge is 0.389 e. The number of nitrogens with one attached hydrogen (secondary N) is 1. The first-order valence-corrected chi connectivity index (χ1v) is 8.83. The normalized spacial score (nSPS) is 16.9. The van der Waals surface area contributed by atoms with E-state index in [1.165, 1.54) is 11.3 Å². The van der Waals surface area contributed by atoms with E-state index in [9.17, 15) is 9.90 Å². The first-order chi connectivity index (χ1) is 11.1. The highest BCUT2D eigenvalue weighted by Crippen LogP contribution is 2.30. The Morgan fingerprint density at radius 2 is 1.91 bits per heavy atom. The zero-order valence-electron chi connectivity index (χ0n) is 13.0. The number of carbonyl (C=O) groups is 1. The van der Waals surface area contributed by atoms with Crippen LogP contribution in [0.4, 0.5) is 0 Å². The van der Waals surface area contributed by atoms with E-state index >= 15 is 0 Å². The molecular weight excluding hydrogens is 310 g/mol. The van der Waals surface area contributed by atoms with Crippen molar-refractivity contribution in [1.82, 2.24) is 15.5 Å². The van der Waals surface area contributed by atoms with E-state index in [-0.39, 0.29) is 12.3 Å². The maximum Gasteiger partial charge on any atom is 0.223 e. The number of benzene rings is 1. The Balaban J connectivity index is 1.52. The molecule has 0 aliphatic heterocycles. The molecule has 1 aliphatic carbocycles. The van der Waals surface area contributed by atoms with E-state index in [1.54, 1.807) is 0 Å². The Hall–Kier alpha value is -1.79. The van der Waals surface area contributed by atoms with Crippen molar-refractivity contribution in [1.29, 1.82) is 0 Å². The number of amides is 1. The molecule has 1 heterocycles. The second-order valence-corrected chi connectivity index (χ2v) is 7.17. The van der Waals surface area contributed by atoms with Gasteiger partial charge in [-0.3, -0.25) is 4.79 Å². The van der Waals surface area contributed by atoms with Crippen LogP contribution in [0.5, 0.6) is 0 Å². The van der Waals surface area contributed by atoms with Crippen molar-refractivity contribution in [3.8, 4) is 10.6 Å². The average molecular weight is 331 g/mol. The number of rotatable bonds is 5. The summed E-state index contributed by atoms with van der Waals surface area (Å²) in [6.45, 7) is 0.361. The molecule has 0 unspecified atom stereocenters. The molecule has 1 aromatic carbocycles. The maximum atomic E-state index is 12.1. The molecule has 2 aromatic rings. The zero-order valence-corrected chi connectivity index (χ0v) is 13.8.